The number of nitrogens with zero attached hydrogens (tertiary/aromatic N) is 1. The van der Waals surface area contributed by atoms with E-state index in [1.807, 2.05) is 43.3 Å². The van der Waals surface area contributed by atoms with Gasteiger partial charge < -0.3 is 14.8 Å². The van der Waals surface area contributed by atoms with Crippen molar-refractivity contribution in [2.45, 2.75) is 19.8 Å². The molecule has 144 valence electrons. The third-order valence-corrected chi connectivity index (χ3v) is 4.61. The fraction of sp³-hybridized carbons (Fsp3) is 0.409. The van der Waals surface area contributed by atoms with Crippen LogP contribution in [0.2, 0.25) is 0 Å². The fourth-order valence-electron chi connectivity index (χ4n) is 3.06. The smallest absolute Gasteiger partial charge is 0.224 e. The fourth-order valence-corrected chi connectivity index (χ4v) is 3.06. The van der Waals surface area contributed by atoms with Crippen molar-refractivity contribution in [1.82, 2.24) is 4.90 Å². The largest absolute Gasteiger partial charge is 0.492 e. The standard InChI is InChI=1S/C22H28N2O3/c1-2-3-22(25)23-20-8-4-18(5-9-20)19-6-10-21(11-7-19)27-17-14-24-12-15-26-16-13-24/h4-11H,2-3,12-17H2,1H3,(H,23,25). The molecule has 0 bridgehead atoms. The summed E-state index contributed by atoms with van der Waals surface area (Å²) in [5, 5.41) is 2.91. The zero-order valence-electron chi connectivity index (χ0n) is 15.9. The molecule has 2 aromatic rings. The Morgan fingerprint density at radius 1 is 1.04 bits per heavy atom. The van der Waals surface area contributed by atoms with Crippen LogP contribution in [0, 0.1) is 0 Å². The summed E-state index contributed by atoms with van der Waals surface area (Å²) < 4.78 is 11.2. The van der Waals surface area contributed by atoms with Gasteiger partial charge >= 0.3 is 0 Å². The Balaban J connectivity index is 1.49. The second kappa shape index (κ2) is 10.1. The van der Waals surface area contributed by atoms with E-state index in [0.29, 0.717) is 13.0 Å². The summed E-state index contributed by atoms with van der Waals surface area (Å²) in [7, 11) is 0. The van der Waals surface area contributed by atoms with Crippen molar-refractivity contribution in [2.24, 2.45) is 0 Å². The molecule has 1 heterocycles. The molecule has 0 radical (unpaired) electrons. The van der Waals surface area contributed by atoms with Crippen molar-refractivity contribution in [3.63, 3.8) is 0 Å². The quantitative estimate of drug-likeness (QED) is 0.770. The van der Waals surface area contributed by atoms with Gasteiger partial charge in [-0.1, -0.05) is 31.2 Å². The highest BCUT2D eigenvalue weighted by molar-refractivity contribution is 5.90. The first-order valence-electron chi connectivity index (χ1n) is 9.68. The molecule has 2 aromatic carbocycles. The number of rotatable bonds is 8. The minimum absolute atomic E-state index is 0.0591. The van der Waals surface area contributed by atoms with E-state index in [1.165, 1.54) is 0 Å². The number of carbonyl (C=O) groups is 1. The monoisotopic (exact) mass is 368 g/mol. The Bertz CT molecular complexity index is 707. The topological polar surface area (TPSA) is 50.8 Å². The molecule has 1 amide bonds. The first kappa shape index (κ1) is 19.4. The maximum absolute atomic E-state index is 11.7. The van der Waals surface area contributed by atoms with Gasteiger partial charge in [-0.2, -0.15) is 0 Å². The predicted octanol–water partition coefficient (Wildman–Crippen LogP) is 3.80. The zero-order valence-corrected chi connectivity index (χ0v) is 15.9. The highest BCUT2D eigenvalue weighted by Crippen LogP contribution is 2.24. The van der Waals surface area contributed by atoms with E-state index in [0.717, 1.165) is 61.8 Å². The van der Waals surface area contributed by atoms with Gasteiger partial charge in [0, 0.05) is 31.7 Å². The minimum atomic E-state index is 0.0591. The molecule has 0 aromatic heterocycles. The number of carbonyl (C=O) groups excluding carboxylic acids is 1. The lowest BCUT2D eigenvalue weighted by molar-refractivity contribution is -0.116. The summed E-state index contributed by atoms with van der Waals surface area (Å²) in [6, 6.07) is 16.1. The lowest BCUT2D eigenvalue weighted by atomic mass is 10.1. The number of ether oxygens (including phenoxy) is 2. The van der Waals surface area contributed by atoms with Crippen molar-refractivity contribution in [1.29, 1.82) is 0 Å². The minimum Gasteiger partial charge on any atom is -0.492 e. The normalized spacial score (nSPS) is 14.7. The summed E-state index contributed by atoms with van der Waals surface area (Å²) >= 11 is 0. The number of anilines is 1. The van der Waals surface area contributed by atoms with Gasteiger partial charge in [-0.15, -0.1) is 0 Å². The number of morpholine rings is 1. The summed E-state index contributed by atoms with van der Waals surface area (Å²) in [5.41, 5.74) is 3.07. The molecule has 1 aliphatic rings. The highest BCUT2D eigenvalue weighted by Gasteiger charge is 2.09. The number of benzene rings is 2. The van der Waals surface area contributed by atoms with Gasteiger partial charge in [-0.05, 0) is 41.8 Å². The van der Waals surface area contributed by atoms with E-state index in [2.05, 4.69) is 22.3 Å². The van der Waals surface area contributed by atoms with Crippen molar-refractivity contribution in [3.8, 4) is 16.9 Å². The van der Waals surface area contributed by atoms with Crippen LogP contribution in [-0.2, 0) is 9.53 Å². The summed E-state index contributed by atoms with van der Waals surface area (Å²) in [6.45, 7) is 7.21. The van der Waals surface area contributed by atoms with E-state index in [1.54, 1.807) is 0 Å². The summed E-state index contributed by atoms with van der Waals surface area (Å²) in [4.78, 5) is 14.0. The van der Waals surface area contributed by atoms with Crippen LogP contribution < -0.4 is 10.1 Å². The predicted molar refractivity (Wildman–Crippen MR) is 108 cm³/mol. The number of nitrogens with one attached hydrogen (secondary N) is 1. The molecule has 0 saturated carbocycles. The average Bonchev–Trinajstić information content (AvgIpc) is 2.70. The summed E-state index contributed by atoms with van der Waals surface area (Å²) in [6.07, 6.45) is 1.40. The third-order valence-electron chi connectivity index (χ3n) is 4.61. The van der Waals surface area contributed by atoms with Crippen LogP contribution in [0.1, 0.15) is 19.8 Å². The van der Waals surface area contributed by atoms with Gasteiger partial charge in [0.15, 0.2) is 0 Å². The molecule has 0 aliphatic carbocycles. The van der Waals surface area contributed by atoms with Crippen LogP contribution >= 0.6 is 0 Å². The van der Waals surface area contributed by atoms with Gasteiger partial charge in [0.2, 0.25) is 5.91 Å². The van der Waals surface area contributed by atoms with Crippen LogP contribution in [0.3, 0.4) is 0 Å². The first-order chi connectivity index (χ1) is 13.2. The molecule has 5 heteroatoms. The van der Waals surface area contributed by atoms with Crippen molar-refractivity contribution >= 4 is 11.6 Å². The summed E-state index contributed by atoms with van der Waals surface area (Å²) in [5.74, 6) is 0.944. The first-order valence-corrected chi connectivity index (χ1v) is 9.68. The van der Waals surface area contributed by atoms with Crippen molar-refractivity contribution in [2.75, 3.05) is 44.8 Å². The molecular formula is C22H28N2O3. The molecule has 1 fully saturated rings. The van der Waals surface area contributed by atoms with E-state index < -0.39 is 0 Å². The van der Waals surface area contributed by atoms with Crippen LogP contribution in [0.5, 0.6) is 5.75 Å². The van der Waals surface area contributed by atoms with Crippen LogP contribution in [-0.4, -0.2) is 50.3 Å². The molecule has 3 rings (SSSR count). The molecule has 27 heavy (non-hydrogen) atoms. The molecule has 0 spiro atoms. The van der Waals surface area contributed by atoms with E-state index in [4.69, 9.17) is 9.47 Å². The highest BCUT2D eigenvalue weighted by atomic mass is 16.5. The maximum atomic E-state index is 11.7. The molecule has 0 atom stereocenters. The van der Waals surface area contributed by atoms with E-state index >= 15 is 0 Å². The number of hydrogen-bond donors (Lipinski definition) is 1. The Labute approximate surface area is 161 Å². The van der Waals surface area contributed by atoms with Gasteiger partial charge in [0.05, 0.1) is 13.2 Å². The molecule has 5 nitrogen and oxygen atoms in total. The van der Waals surface area contributed by atoms with Gasteiger partial charge in [0.1, 0.15) is 12.4 Å². The number of hydrogen-bond acceptors (Lipinski definition) is 4. The molecular weight excluding hydrogens is 340 g/mol. The second-order valence-electron chi connectivity index (χ2n) is 6.70. The molecule has 1 N–H and O–H groups in total. The molecule has 1 aliphatic heterocycles. The average molecular weight is 368 g/mol. The molecule has 1 saturated heterocycles. The SMILES string of the molecule is CCCC(=O)Nc1ccc(-c2ccc(OCCN3CCOCC3)cc2)cc1. The Hall–Kier alpha value is -2.37. The van der Waals surface area contributed by atoms with Crippen LogP contribution in [0.4, 0.5) is 5.69 Å². The van der Waals surface area contributed by atoms with Crippen LogP contribution in [0.15, 0.2) is 48.5 Å². The Morgan fingerprint density at radius 3 is 2.30 bits per heavy atom. The van der Waals surface area contributed by atoms with Gasteiger partial charge in [-0.3, -0.25) is 9.69 Å². The van der Waals surface area contributed by atoms with E-state index in [-0.39, 0.29) is 5.91 Å². The van der Waals surface area contributed by atoms with Gasteiger partial charge in [-0.25, -0.2) is 0 Å². The Kier molecular flexibility index (Phi) is 7.25. The lowest BCUT2D eigenvalue weighted by Gasteiger charge is -2.26. The maximum Gasteiger partial charge on any atom is 0.224 e. The second-order valence-corrected chi connectivity index (χ2v) is 6.70. The lowest BCUT2D eigenvalue weighted by Crippen LogP contribution is -2.38. The van der Waals surface area contributed by atoms with Crippen LogP contribution in [0.25, 0.3) is 11.1 Å². The third kappa shape index (κ3) is 6.08. The van der Waals surface area contributed by atoms with E-state index in [9.17, 15) is 4.79 Å². The zero-order chi connectivity index (χ0) is 18.9. The molecule has 0 unspecified atom stereocenters. The number of amides is 1. The van der Waals surface area contributed by atoms with Crippen molar-refractivity contribution < 1.29 is 14.3 Å². The Morgan fingerprint density at radius 2 is 1.67 bits per heavy atom. The van der Waals surface area contributed by atoms with Gasteiger partial charge in [0.25, 0.3) is 0 Å². The van der Waals surface area contributed by atoms with Crippen molar-refractivity contribution in [3.05, 3.63) is 48.5 Å².